The van der Waals surface area contributed by atoms with Gasteiger partial charge in [0, 0.05) is 36.1 Å². The summed E-state index contributed by atoms with van der Waals surface area (Å²) in [7, 11) is 1.74. The Hall–Kier alpha value is -2.42. The summed E-state index contributed by atoms with van der Waals surface area (Å²) in [6.45, 7) is 13.0. The van der Waals surface area contributed by atoms with Gasteiger partial charge in [-0.3, -0.25) is 0 Å². The standard InChI is InChI=1S/C25H36N2O/c1-7-25(5,22-17-19(4)12-15-23(22)26)16-10-11-20-13-14-21(18-24(20)28-6)27(8-2)9-3/h10-15,17-18H,7-9,16,26H2,1-6H3/b11-10+. The summed E-state index contributed by atoms with van der Waals surface area (Å²) in [5.74, 6) is 0.911. The van der Waals surface area contributed by atoms with E-state index in [1.54, 1.807) is 7.11 Å². The van der Waals surface area contributed by atoms with E-state index < -0.39 is 0 Å². The second-order valence-electron chi connectivity index (χ2n) is 7.71. The van der Waals surface area contributed by atoms with E-state index in [0.29, 0.717) is 0 Å². The van der Waals surface area contributed by atoms with E-state index in [0.717, 1.165) is 42.9 Å². The van der Waals surface area contributed by atoms with Crippen molar-refractivity contribution in [2.45, 2.75) is 52.9 Å². The Morgan fingerprint density at radius 1 is 1.07 bits per heavy atom. The van der Waals surface area contributed by atoms with Crippen LogP contribution in [0, 0.1) is 6.92 Å². The lowest BCUT2D eigenvalue weighted by Gasteiger charge is -2.29. The van der Waals surface area contributed by atoms with E-state index in [1.165, 1.54) is 16.8 Å². The maximum Gasteiger partial charge on any atom is 0.128 e. The minimum absolute atomic E-state index is 0.0149. The lowest BCUT2D eigenvalue weighted by molar-refractivity contribution is 0.413. The molecule has 0 aliphatic heterocycles. The van der Waals surface area contributed by atoms with Crippen LogP contribution in [-0.2, 0) is 5.41 Å². The predicted molar refractivity (Wildman–Crippen MR) is 123 cm³/mol. The van der Waals surface area contributed by atoms with Crippen molar-refractivity contribution in [2.24, 2.45) is 0 Å². The normalized spacial score (nSPS) is 13.5. The Labute approximate surface area is 171 Å². The number of allylic oxidation sites excluding steroid dienone is 1. The molecule has 0 bridgehead atoms. The highest BCUT2D eigenvalue weighted by molar-refractivity contribution is 5.64. The Balaban J connectivity index is 2.26. The van der Waals surface area contributed by atoms with Crippen LogP contribution in [0.4, 0.5) is 11.4 Å². The van der Waals surface area contributed by atoms with Crippen LogP contribution in [0.1, 0.15) is 57.2 Å². The van der Waals surface area contributed by atoms with Gasteiger partial charge in [-0.2, -0.15) is 0 Å². The highest BCUT2D eigenvalue weighted by Crippen LogP contribution is 2.36. The second kappa shape index (κ2) is 9.68. The highest BCUT2D eigenvalue weighted by atomic mass is 16.5. The third-order valence-electron chi connectivity index (χ3n) is 5.85. The molecule has 1 atom stereocenters. The van der Waals surface area contributed by atoms with E-state index in [-0.39, 0.29) is 5.41 Å². The van der Waals surface area contributed by atoms with Crippen LogP contribution < -0.4 is 15.4 Å². The minimum atomic E-state index is 0.0149. The van der Waals surface area contributed by atoms with Crippen molar-refractivity contribution in [2.75, 3.05) is 30.8 Å². The average Bonchev–Trinajstić information content (AvgIpc) is 2.71. The number of hydrogen-bond donors (Lipinski definition) is 1. The molecule has 152 valence electrons. The number of hydrogen-bond acceptors (Lipinski definition) is 3. The summed E-state index contributed by atoms with van der Waals surface area (Å²) in [4.78, 5) is 2.32. The number of benzene rings is 2. The molecule has 0 saturated heterocycles. The smallest absolute Gasteiger partial charge is 0.128 e. The molecule has 2 aromatic rings. The fourth-order valence-electron chi connectivity index (χ4n) is 3.71. The lowest BCUT2D eigenvalue weighted by atomic mass is 9.76. The lowest BCUT2D eigenvalue weighted by Crippen LogP contribution is -2.22. The molecule has 0 heterocycles. The zero-order chi connectivity index (χ0) is 20.7. The van der Waals surface area contributed by atoms with E-state index in [9.17, 15) is 0 Å². The maximum absolute atomic E-state index is 6.30. The molecule has 0 radical (unpaired) electrons. The van der Waals surface area contributed by atoms with E-state index in [4.69, 9.17) is 10.5 Å². The fraction of sp³-hybridized carbons (Fsp3) is 0.440. The average molecular weight is 381 g/mol. The molecule has 0 fully saturated rings. The van der Waals surface area contributed by atoms with Crippen LogP contribution in [0.3, 0.4) is 0 Å². The number of methoxy groups -OCH3 is 1. The van der Waals surface area contributed by atoms with Crippen molar-refractivity contribution in [3.63, 3.8) is 0 Å². The van der Waals surface area contributed by atoms with E-state index in [2.05, 4.69) is 82.0 Å². The number of rotatable bonds is 9. The van der Waals surface area contributed by atoms with Gasteiger partial charge in [-0.15, -0.1) is 0 Å². The summed E-state index contributed by atoms with van der Waals surface area (Å²) in [5.41, 5.74) is 12.0. The third kappa shape index (κ3) is 4.89. The van der Waals surface area contributed by atoms with Crippen LogP contribution in [0.15, 0.2) is 42.5 Å². The second-order valence-corrected chi connectivity index (χ2v) is 7.71. The SMILES string of the molecule is CCN(CC)c1ccc(/C=C/CC(C)(CC)c2cc(C)ccc2N)c(OC)c1. The Kier molecular flexibility index (Phi) is 7.56. The third-order valence-corrected chi connectivity index (χ3v) is 5.85. The summed E-state index contributed by atoms with van der Waals surface area (Å²) in [5, 5.41) is 0. The largest absolute Gasteiger partial charge is 0.496 e. The quantitative estimate of drug-likeness (QED) is 0.526. The van der Waals surface area contributed by atoms with Crippen LogP contribution in [-0.4, -0.2) is 20.2 Å². The first kappa shape index (κ1) is 21.9. The molecule has 28 heavy (non-hydrogen) atoms. The Morgan fingerprint density at radius 3 is 2.39 bits per heavy atom. The van der Waals surface area contributed by atoms with Gasteiger partial charge >= 0.3 is 0 Å². The zero-order valence-electron chi connectivity index (χ0n) is 18.4. The maximum atomic E-state index is 6.30. The van der Waals surface area contributed by atoms with E-state index >= 15 is 0 Å². The molecule has 2 aromatic carbocycles. The monoisotopic (exact) mass is 380 g/mol. The van der Waals surface area contributed by atoms with Gasteiger partial charge in [0.15, 0.2) is 0 Å². The van der Waals surface area contributed by atoms with Crippen molar-refractivity contribution in [3.8, 4) is 5.75 Å². The molecule has 3 nitrogen and oxygen atoms in total. The zero-order valence-corrected chi connectivity index (χ0v) is 18.4. The summed E-state index contributed by atoms with van der Waals surface area (Å²) < 4.78 is 5.66. The topological polar surface area (TPSA) is 38.5 Å². The molecule has 0 spiro atoms. The van der Waals surface area contributed by atoms with Gasteiger partial charge in [0.1, 0.15) is 5.75 Å². The molecule has 0 saturated carbocycles. The molecule has 3 heteroatoms. The molecular weight excluding hydrogens is 344 g/mol. The molecule has 2 rings (SSSR count). The van der Waals surface area contributed by atoms with Crippen LogP contribution in [0.2, 0.25) is 0 Å². The first-order chi connectivity index (χ1) is 13.4. The first-order valence-electron chi connectivity index (χ1n) is 10.3. The van der Waals surface area contributed by atoms with Gasteiger partial charge in [-0.05, 0) is 62.8 Å². The predicted octanol–water partition coefficient (Wildman–Crippen LogP) is 6.20. The number of ether oxygens (including phenoxy) is 1. The van der Waals surface area contributed by atoms with Crippen LogP contribution in [0.5, 0.6) is 5.75 Å². The molecule has 0 aliphatic rings. The van der Waals surface area contributed by atoms with Gasteiger partial charge in [0.2, 0.25) is 0 Å². The van der Waals surface area contributed by atoms with Gasteiger partial charge in [-0.1, -0.05) is 43.7 Å². The van der Waals surface area contributed by atoms with Crippen molar-refractivity contribution >= 4 is 17.5 Å². The molecule has 1 unspecified atom stereocenters. The molecular formula is C25H36N2O. The summed E-state index contributed by atoms with van der Waals surface area (Å²) in [6, 6.07) is 12.8. The molecule has 0 aliphatic carbocycles. The Morgan fingerprint density at radius 2 is 1.79 bits per heavy atom. The number of anilines is 2. The number of aryl methyl sites for hydroxylation is 1. The van der Waals surface area contributed by atoms with Crippen molar-refractivity contribution in [1.82, 2.24) is 0 Å². The summed E-state index contributed by atoms with van der Waals surface area (Å²) in [6.07, 6.45) is 6.38. The van der Waals surface area contributed by atoms with Crippen LogP contribution in [0.25, 0.3) is 6.08 Å². The molecule has 2 N–H and O–H groups in total. The highest BCUT2D eigenvalue weighted by Gasteiger charge is 2.25. The summed E-state index contributed by atoms with van der Waals surface area (Å²) >= 11 is 0. The van der Waals surface area contributed by atoms with Gasteiger partial charge in [-0.25, -0.2) is 0 Å². The van der Waals surface area contributed by atoms with Crippen molar-refractivity contribution < 1.29 is 4.74 Å². The minimum Gasteiger partial charge on any atom is -0.496 e. The number of nitrogens with two attached hydrogens (primary N) is 1. The van der Waals surface area contributed by atoms with Crippen molar-refractivity contribution in [3.05, 3.63) is 59.2 Å². The van der Waals surface area contributed by atoms with Gasteiger partial charge in [0.25, 0.3) is 0 Å². The van der Waals surface area contributed by atoms with E-state index in [1.807, 2.05) is 6.07 Å². The van der Waals surface area contributed by atoms with Gasteiger partial charge in [0.05, 0.1) is 7.11 Å². The number of nitrogens with zero attached hydrogens (tertiary/aromatic N) is 1. The van der Waals surface area contributed by atoms with Crippen molar-refractivity contribution in [1.29, 1.82) is 0 Å². The van der Waals surface area contributed by atoms with Crippen LogP contribution >= 0.6 is 0 Å². The number of nitrogen functional groups attached to an aromatic ring is 1. The fourth-order valence-corrected chi connectivity index (χ4v) is 3.71. The first-order valence-corrected chi connectivity index (χ1v) is 10.3. The van der Waals surface area contributed by atoms with Gasteiger partial charge < -0.3 is 15.4 Å². The Bertz CT molecular complexity index is 808. The molecule has 0 aromatic heterocycles. The molecule has 0 amide bonds.